The number of aromatic hydroxyl groups is 1. The minimum atomic E-state index is -1.08. The molecule has 2 N–H and O–H groups in total. The molecule has 168 valence electrons. The topological polar surface area (TPSA) is 71.7 Å². The molecular weight excluding hydrogens is 428 g/mol. The lowest BCUT2D eigenvalue weighted by Crippen LogP contribution is -2.17. The van der Waals surface area contributed by atoms with Crippen molar-refractivity contribution in [2.24, 2.45) is 0 Å². The predicted octanol–water partition coefficient (Wildman–Crippen LogP) is 5.87. The summed E-state index contributed by atoms with van der Waals surface area (Å²) in [6.45, 7) is 1.09. The number of fused-ring (bicyclic) bond motifs is 1. The lowest BCUT2D eigenvalue weighted by molar-refractivity contribution is 0.0697. The molecule has 1 aromatic heterocycles. The van der Waals surface area contributed by atoms with E-state index in [-0.39, 0.29) is 17.3 Å². The number of benzene rings is 3. The second-order valence-corrected chi connectivity index (χ2v) is 8.13. The summed E-state index contributed by atoms with van der Waals surface area (Å²) in [5.74, 6) is -2.74. The van der Waals surface area contributed by atoms with Gasteiger partial charge < -0.3 is 19.5 Å². The van der Waals surface area contributed by atoms with Crippen molar-refractivity contribution in [2.75, 3.05) is 13.2 Å². The number of halogens is 2. The summed E-state index contributed by atoms with van der Waals surface area (Å²) in [5.41, 5.74) is 3.24. The summed E-state index contributed by atoms with van der Waals surface area (Å²) in [6.07, 6.45) is 1.40. The highest BCUT2D eigenvalue weighted by atomic mass is 19.1. The number of carbonyl (C=O) groups is 1. The smallest absolute Gasteiger partial charge is 0.335 e. The first kappa shape index (κ1) is 21.2. The number of nitrogens with zero attached hydrogens (tertiary/aromatic N) is 1. The van der Waals surface area contributed by atoms with E-state index in [4.69, 9.17) is 4.74 Å². The highest BCUT2D eigenvalue weighted by molar-refractivity contribution is 6.04. The Morgan fingerprint density at radius 3 is 2.42 bits per heavy atom. The molecule has 0 bridgehead atoms. The molecule has 0 spiro atoms. The van der Waals surface area contributed by atoms with Gasteiger partial charge in [0.15, 0.2) is 11.6 Å². The van der Waals surface area contributed by atoms with Crippen molar-refractivity contribution >= 4 is 16.9 Å². The quantitative estimate of drug-likeness (QED) is 0.409. The van der Waals surface area contributed by atoms with Crippen LogP contribution in [0.25, 0.3) is 27.7 Å². The SMILES string of the molecule is O=C(O)c1cccc(-c2c(C3CCOCC3)n(-c3ccc(F)cc3)c3ccc(F)c(O)c23)c1. The average Bonchev–Trinajstić information content (AvgIpc) is 3.18. The van der Waals surface area contributed by atoms with E-state index in [9.17, 15) is 23.8 Å². The van der Waals surface area contributed by atoms with Crippen LogP contribution in [0.2, 0.25) is 0 Å². The molecule has 1 saturated heterocycles. The zero-order valence-corrected chi connectivity index (χ0v) is 17.6. The van der Waals surface area contributed by atoms with Crippen LogP contribution in [0.15, 0.2) is 60.7 Å². The van der Waals surface area contributed by atoms with E-state index in [1.165, 1.54) is 30.3 Å². The summed E-state index contributed by atoms with van der Waals surface area (Å²) in [4.78, 5) is 11.6. The minimum Gasteiger partial charge on any atom is -0.504 e. The molecule has 7 heteroatoms. The molecule has 0 aliphatic carbocycles. The number of carboxylic acids is 1. The number of carboxylic acid groups (broad SMARTS) is 1. The van der Waals surface area contributed by atoms with E-state index in [0.717, 1.165) is 5.69 Å². The van der Waals surface area contributed by atoms with E-state index in [0.29, 0.717) is 53.8 Å². The van der Waals surface area contributed by atoms with E-state index in [1.807, 2.05) is 4.57 Å². The highest BCUT2D eigenvalue weighted by Gasteiger charge is 2.30. The Morgan fingerprint density at radius 1 is 1.00 bits per heavy atom. The van der Waals surface area contributed by atoms with Gasteiger partial charge in [0.1, 0.15) is 5.82 Å². The van der Waals surface area contributed by atoms with E-state index in [1.54, 1.807) is 30.3 Å². The van der Waals surface area contributed by atoms with Crippen LogP contribution in [0.3, 0.4) is 0 Å². The Balaban J connectivity index is 1.91. The maximum atomic E-state index is 14.6. The van der Waals surface area contributed by atoms with E-state index in [2.05, 4.69) is 0 Å². The molecule has 0 atom stereocenters. The third-order valence-corrected chi connectivity index (χ3v) is 6.19. The molecule has 0 amide bonds. The summed E-state index contributed by atoms with van der Waals surface area (Å²) in [6, 6.07) is 15.1. The number of phenols is 1. The number of rotatable bonds is 4. The normalized spacial score (nSPS) is 14.6. The molecule has 33 heavy (non-hydrogen) atoms. The average molecular weight is 449 g/mol. The van der Waals surface area contributed by atoms with Crippen LogP contribution < -0.4 is 0 Å². The van der Waals surface area contributed by atoms with Gasteiger partial charge in [0.05, 0.1) is 16.5 Å². The second kappa shape index (κ2) is 8.33. The minimum absolute atomic E-state index is 0.00199. The number of aromatic carboxylic acids is 1. The maximum absolute atomic E-state index is 14.6. The van der Waals surface area contributed by atoms with Crippen LogP contribution in [-0.2, 0) is 4.74 Å². The molecule has 0 unspecified atom stereocenters. The fourth-order valence-corrected chi connectivity index (χ4v) is 4.68. The maximum Gasteiger partial charge on any atom is 0.335 e. The van der Waals surface area contributed by atoms with Gasteiger partial charge in [-0.15, -0.1) is 0 Å². The second-order valence-electron chi connectivity index (χ2n) is 8.13. The van der Waals surface area contributed by atoms with Gasteiger partial charge in [0.2, 0.25) is 0 Å². The number of hydrogen-bond donors (Lipinski definition) is 2. The third kappa shape index (κ3) is 3.64. The Bertz CT molecular complexity index is 1360. The molecule has 1 aliphatic heterocycles. The molecule has 3 aromatic carbocycles. The Morgan fingerprint density at radius 2 is 1.73 bits per heavy atom. The number of hydrogen-bond acceptors (Lipinski definition) is 3. The molecule has 1 fully saturated rings. The first-order valence-corrected chi connectivity index (χ1v) is 10.7. The monoisotopic (exact) mass is 449 g/mol. The van der Waals surface area contributed by atoms with Crippen molar-refractivity contribution in [2.45, 2.75) is 18.8 Å². The summed E-state index contributed by atoms with van der Waals surface area (Å²) < 4.78 is 35.7. The van der Waals surface area contributed by atoms with Crippen molar-refractivity contribution in [1.82, 2.24) is 4.57 Å². The van der Waals surface area contributed by atoms with Crippen molar-refractivity contribution in [3.63, 3.8) is 0 Å². The first-order chi connectivity index (χ1) is 16.0. The van der Waals surface area contributed by atoms with Gasteiger partial charge >= 0.3 is 5.97 Å². The van der Waals surface area contributed by atoms with Gasteiger partial charge in [-0.3, -0.25) is 0 Å². The molecular formula is C26H21F2NO4. The Labute approximate surface area is 188 Å². The van der Waals surface area contributed by atoms with Gasteiger partial charge in [-0.05, 0) is 66.9 Å². The van der Waals surface area contributed by atoms with Crippen molar-refractivity contribution in [3.05, 3.63) is 83.6 Å². The molecule has 4 aromatic rings. The lowest BCUT2D eigenvalue weighted by atomic mass is 9.89. The van der Waals surface area contributed by atoms with Crippen LogP contribution in [0.4, 0.5) is 8.78 Å². The molecule has 2 heterocycles. The summed E-state index contributed by atoms with van der Waals surface area (Å²) in [5, 5.41) is 20.6. The highest BCUT2D eigenvalue weighted by Crippen LogP contribution is 2.47. The van der Waals surface area contributed by atoms with Crippen LogP contribution in [0.1, 0.15) is 34.8 Å². The van der Waals surface area contributed by atoms with Crippen molar-refractivity contribution in [1.29, 1.82) is 0 Å². The first-order valence-electron chi connectivity index (χ1n) is 10.7. The number of ether oxygens (including phenoxy) is 1. The Kier molecular flexibility index (Phi) is 5.34. The fraction of sp³-hybridized carbons (Fsp3) is 0.192. The van der Waals surface area contributed by atoms with Gasteiger partial charge in [0, 0.05) is 36.1 Å². The molecule has 5 rings (SSSR count). The van der Waals surface area contributed by atoms with Gasteiger partial charge in [-0.2, -0.15) is 0 Å². The molecule has 0 saturated carbocycles. The molecule has 5 nitrogen and oxygen atoms in total. The van der Waals surface area contributed by atoms with Crippen molar-refractivity contribution in [3.8, 4) is 22.6 Å². The van der Waals surface area contributed by atoms with Crippen molar-refractivity contribution < 1.29 is 28.5 Å². The lowest BCUT2D eigenvalue weighted by Gasteiger charge is -2.26. The number of aromatic nitrogens is 1. The van der Waals surface area contributed by atoms with E-state index < -0.39 is 17.5 Å². The van der Waals surface area contributed by atoms with Crippen LogP contribution in [0.5, 0.6) is 5.75 Å². The van der Waals surface area contributed by atoms with Gasteiger partial charge in [-0.25, -0.2) is 13.6 Å². The fourth-order valence-electron chi connectivity index (χ4n) is 4.68. The van der Waals surface area contributed by atoms with Gasteiger partial charge in [-0.1, -0.05) is 12.1 Å². The standard InChI is InChI=1S/C26H21F2NO4/c27-18-4-6-19(7-5-18)29-21-9-8-20(28)25(30)23(21)22(24(29)15-10-12-33-13-11-15)16-2-1-3-17(14-16)26(31)32/h1-9,14-15,30H,10-13H2,(H,31,32). The van der Waals surface area contributed by atoms with Gasteiger partial charge in [0.25, 0.3) is 0 Å². The van der Waals surface area contributed by atoms with Crippen LogP contribution in [-0.4, -0.2) is 34.0 Å². The largest absolute Gasteiger partial charge is 0.504 e. The zero-order valence-electron chi connectivity index (χ0n) is 17.6. The zero-order chi connectivity index (χ0) is 23.1. The molecule has 1 aliphatic rings. The summed E-state index contributed by atoms with van der Waals surface area (Å²) >= 11 is 0. The third-order valence-electron chi connectivity index (χ3n) is 6.19. The molecule has 0 radical (unpaired) electrons. The number of phenolic OH excluding ortho intramolecular Hbond substituents is 1. The van der Waals surface area contributed by atoms with E-state index >= 15 is 0 Å². The Hall–Kier alpha value is -3.71. The summed E-state index contributed by atoms with van der Waals surface area (Å²) in [7, 11) is 0. The van der Waals surface area contributed by atoms with Crippen LogP contribution in [0, 0.1) is 11.6 Å². The predicted molar refractivity (Wildman–Crippen MR) is 120 cm³/mol. The van der Waals surface area contributed by atoms with Crippen LogP contribution >= 0.6 is 0 Å².